The molecule has 2 heterocycles. The lowest BCUT2D eigenvalue weighted by Gasteiger charge is -2.23. The Bertz CT molecular complexity index is 358. The number of nitrogens with zero attached hydrogens (tertiary/aromatic N) is 1. The molecule has 0 bridgehead atoms. The van der Waals surface area contributed by atoms with E-state index < -0.39 is 5.91 Å². The van der Waals surface area contributed by atoms with Crippen molar-refractivity contribution in [2.45, 2.75) is 18.9 Å². The number of rotatable bonds is 3. The third-order valence-corrected chi connectivity index (χ3v) is 2.56. The molecule has 1 aromatic heterocycles. The standard InChI is InChI=1S/C11H15N3O2/c12-11(15)8-3-4-10(14-6-8)16-9-2-1-5-13-7-9/h3-4,6,9,13H,1-2,5,7H2,(H2,12,15). The van der Waals surface area contributed by atoms with E-state index in [1.807, 2.05) is 0 Å². The van der Waals surface area contributed by atoms with E-state index in [9.17, 15) is 4.79 Å². The van der Waals surface area contributed by atoms with Crippen LogP contribution in [0.25, 0.3) is 0 Å². The molecule has 86 valence electrons. The molecule has 1 atom stereocenters. The highest BCUT2D eigenvalue weighted by molar-refractivity contribution is 5.92. The van der Waals surface area contributed by atoms with Gasteiger partial charge in [0.05, 0.1) is 5.56 Å². The van der Waals surface area contributed by atoms with Crippen LogP contribution in [0.3, 0.4) is 0 Å². The van der Waals surface area contributed by atoms with Gasteiger partial charge in [-0.2, -0.15) is 0 Å². The van der Waals surface area contributed by atoms with Crippen LogP contribution in [0, 0.1) is 0 Å². The first kappa shape index (κ1) is 10.9. The molecular weight excluding hydrogens is 206 g/mol. The van der Waals surface area contributed by atoms with Gasteiger partial charge in [-0.15, -0.1) is 0 Å². The normalized spacial score (nSPS) is 20.4. The van der Waals surface area contributed by atoms with E-state index in [4.69, 9.17) is 10.5 Å². The summed E-state index contributed by atoms with van der Waals surface area (Å²) in [5, 5.41) is 3.26. The molecule has 0 aliphatic carbocycles. The number of aromatic nitrogens is 1. The topological polar surface area (TPSA) is 77.2 Å². The summed E-state index contributed by atoms with van der Waals surface area (Å²) < 4.78 is 5.66. The minimum absolute atomic E-state index is 0.167. The number of piperidine rings is 1. The van der Waals surface area contributed by atoms with Crippen LogP contribution in [-0.2, 0) is 0 Å². The van der Waals surface area contributed by atoms with Gasteiger partial charge in [0.25, 0.3) is 0 Å². The number of nitrogens with two attached hydrogens (primary N) is 1. The third kappa shape index (κ3) is 2.70. The minimum Gasteiger partial charge on any atom is -0.473 e. The van der Waals surface area contributed by atoms with Gasteiger partial charge in [0, 0.05) is 18.8 Å². The van der Waals surface area contributed by atoms with Crippen molar-refractivity contribution in [1.29, 1.82) is 0 Å². The van der Waals surface area contributed by atoms with Gasteiger partial charge in [-0.1, -0.05) is 0 Å². The molecule has 3 N–H and O–H groups in total. The third-order valence-electron chi connectivity index (χ3n) is 2.56. The highest BCUT2D eigenvalue weighted by Crippen LogP contribution is 2.13. The zero-order valence-corrected chi connectivity index (χ0v) is 8.98. The van der Waals surface area contributed by atoms with E-state index in [1.54, 1.807) is 12.1 Å². The van der Waals surface area contributed by atoms with Crippen molar-refractivity contribution in [2.24, 2.45) is 5.73 Å². The molecule has 1 amide bonds. The fourth-order valence-electron chi connectivity index (χ4n) is 1.69. The van der Waals surface area contributed by atoms with E-state index in [2.05, 4.69) is 10.3 Å². The van der Waals surface area contributed by atoms with Crippen LogP contribution < -0.4 is 15.8 Å². The average Bonchev–Trinajstić information content (AvgIpc) is 2.31. The van der Waals surface area contributed by atoms with Gasteiger partial charge >= 0.3 is 0 Å². The summed E-state index contributed by atoms with van der Waals surface area (Å²) in [5.41, 5.74) is 5.52. The molecule has 0 aromatic carbocycles. The number of amides is 1. The fourth-order valence-corrected chi connectivity index (χ4v) is 1.69. The Labute approximate surface area is 94.0 Å². The van der Waals surface area contributed by atoms with Crippen LogP contribution in [0.5, 0.6) is 5.88 Å². The van der Waals surface area contributed by atoms with E-state index in [-0.39, 0.29) is 6.10 Å². The number of primary amides is 1. The summed E-state index contributed by atoms with van der Waals surface area (Å²) in [6, 6.07) is 3.30. The van der Waals surface area contributed by atoms with Crippen molar-refractivity contribution in [2.75, 3.05) is 13.1 Å². The molecular formula is C11H15N3O2. The summed E-state index contributed by atoms with van der Waals surface area (Å²) in [6.07, 6.45) is 3.75. The molecule has 1 aliphatic rings. The maximum absolute atomic E-state index is 10.8. The predicted octanol–water partition coefficient (Wildman–Crippen LogP) is 0.311. The Morgan fingerprint density at radius 1 is 1.56 bits per heavy atom. The van der Waals surface area contributed by atoms with Crippen molar-refractivity contribution < 1.29 is 9.53 Å². The van der Waals surface area contributed by atoms with Crippen LogP contribution in [0.4, 0.5) is 0 Å². The van der Waals surface area contributed by atoms with Crippen LogP contribution in [-0.4, -0.2) is 30.1 Å². The van der Waals surface area contributed by atoms with Crippen LogP contribution in [0.15, 0.2) is 18.3 Å². The highest BCUT2D eigenvalue weighted by atomic mass is 16.5. The number of hydrogen-bond acceptors (Lipinski definition) is 4. The van der Waals surface area contributed by atoms with Crippen molar-refractivity contribution in [3.8, 4) is 5.88 Å². The van der Waals surface area contributed by atoms with Crippen molar-refractivity contribution in [3.63, 3.8) is 0 Å². The van der Waals surface area contributed by atoms with E-state index in [1.165, 1.54) is 6.20 Å². The Morgan fingerprint density at radius 2 is 2.44 bits per heavy atom. The Morgan fingerprint density at radius 3 is 3.00 bits per heavy atom. The maximum atomic E-state index is 10.8. The molecule has 5 nitrogen and oxygen atoms in total. The molecule has 0 radical (unpaired) electrons. The zero-order valence-electron chi connectivity index (χ0n) is 8.98. The Hall–Kier alpha value is -1.62. The first-order chi connectivity index (χ1) is 7.75. The summed E-state index contributed by atoms with van der Waals surface area (Å²) >= 11 is 0. The minimum atomic E-state index is -0.474. The molecule has 0 saturated carbocycles. The molecule has 5 heteroatoms. The highest BCUT2D eigenvalue weighted by Gasteiger charge is 2.14. The van der Waals surface area contributed by atoms with Gasteiger partial charge in [0.2, 0.25) is 11.8 Å². The smallest absolute Gasteiger partial charge is 0.250 e. The molecule has 1 unspecified atom stereocenters. The van der Waals surface area contributed by atoms with Gasteiger partial charge in [0.15, 0.2) is 0 Å². The second kappa shape index (κ2) is 4.94. The Balaban J connectivity index is 1.96. The average molecular weight is 221 g/mol. The largest absolute Gasteiger partial charge is 0.473 e. The van der Waals surface area contributed by atoms with Gasteiger partial charge in [-0.05, 0) is 25.5 Å². The van der Waals surface area contributed by atoms with Gasteiger partial charge in [-0.3, -0.25) is 4.79 Å². The molecule has 2 rings (SSSR count). The first-order valence-corrected chi connectivity index (χ1v) is 5.39. The lowest BCUT2D eigenvalue weighted by Crippen LogP contribution is -2.37. The summed E-state index contributed by atoms with van der Waals surface area (Å²) in [5.74, 6) is 0.0667. The lowest BCUT2D eigenvalue weighted by atomic mass is 10.1. The van der Waals surface area contributed by atoms with Crippen molar-refractivity contribution in [1.82, 2.24) is 10.3 Å². The molecule has 1 aromatic rings. The summed E-state index contributed by atoms with van der Waals surface area (Å²) in [7, 11) is 0. The number of nitrogens with one attached hydrogen (secondary N) is 1. The number of hydrogen-bond donors (Lipinski definition) is 2. The maximum Gasteiger partial charge on any atom is 0.250 e. The second-order valence-electron chi connectivity index (χ2n) is 3.84. The number of carbonyl (C=O) groups excluding carboxylic acids is 1. The first-order valence-electron chi connectivity index (χ1n) is 5.39. The lowest BCUT2D eigenvalue weighted by molar-refractivity contribution is 0.0999. The monoisotopic (exact) mass is 221 g/mol. The van der Waals surface area contributed by atoms with Gasteiger partial charge in [-0.25, -0.2) is 4.98 Å². The Kier molecular flexibility index (Phi) is 3.36. The number of ether oxygens (including phenoxy) is 1. The fraction of sp³-hybridized carbons (Fsp3) is 0.455. The predicted molar refractivity (Wildman–Crippen MR) is 59.3 cm³/mol. The molecule has 1 saturated heterocycles. The molecule has 0 spiro atoms. The van der Waals surface area contributed by atoms with Gasteiger partial charge in [0.1, 0.15) is 6.10 Å². The number of carbonyl (C=O) groups is 1. The molecule has 1 aliphatic heterocycles. The number of pyridine rings is 1. The van der Waals surface area contributed by atoms with Crippen LogP contribution in [0.1, 0.15) is 23.2 Å². The SMILES string of the molecule is NC(=O)c1ccc(OC2CCCNC2)nc1. The van der Waals surface area contributed by atoms with Gasteiger partial charge < -0.3 is 15.8 Å². The van der Waals surface area contributed by atoms with E-state index >= 15 is 0 Å². The van der Waals surface area contributed by atoms with E-state index in [0.717, 1.165) is 25.9 Å². The summed E-state index contributed by atoms with van der Waals surface area (Å²) in [6.45, 7) is 1.90. The molecule has 16 heavy (non-hydrogen) atoms. The van der Waals surface area contributed by atoms with E-state index in [0.29, 0.717) is 11.4 Å². The zero-order chi connectivity index (χ0) is 11.4. The summed E-state index contributed by atoms with van der Waals surface area (Å²) in [4.78, 5) is 14.9. The van der Waals surface area contributed by atoms with Crippen molar-refractivity contribution in [3.05, 3.63) is 23.9 Å². The molecule has 1 fully saturated rings. The quantitative estimate of drug-likeness (QED) is 0.770. The second-order valence-corrected chi connectivity index (χ2v) is 3.84. The van der Waals surface area contributed by atoms with Crippen molar-refractivity contribution >= 4 is 5.91 Å². The van der Waals surface area contributed by atoms with Crippen LogP contribution >= 0.6 is 0 Å². The van der Waals surface area contributed by atoms with Crippen LogP contribution in [0.2, 0.25) is 0 Å².